The van der Waals surface area contributed by atoms with Crippen molar-refractivity contribution in [2.24, 2.45) is 0 Å². The van der Waals surface area contributed by atoms with Crippen LogP contribution in [0, 0.1) is 0 Å². The molecule has 1 aliphatic heterocycles. The number of halogens is 1. The molecule has 2 rings (SSSR count). The van der Waals surface area contributed by atoms with Crippen LogP contribution in [-0.2, 0) is 0 Å². The number of aldehydes is 1. The van der Waals surface area contributed by atoms with E-state index in [1.165, 1.54) is 0 Å². The maximum atomic E-state index is 11.2. The number of carbonyl (C=O) groups is 1. The van der Waals surface area contributed by atoms with Gasteiger partial charge in [-0.1, -0.05) is 22.9 Å². The molecule has 1 aromatic carbocycles. The van der Waals surface area contributed by atoms with Crippen LogP contribution in [0.4, 0.5) is 5.69 Å². The molecular weight excluding hydrogens is 292 g/mol. The molecular formula is C14H19BrN2O. The summed E-state index contributed by atoms with van der Waals surface area (Å²) in [5, 5.41) is 0. The van der Waals surface area contributed by atoms with Gasteiger partial charge < -0.3 is 4.90 Å². The largest absolute Gasteiger partial charge is 0.368 e. The van der Waals surface area contributed by atoms with Gasteiger partial charge in [0.05, 0.1) is 0 Å². The molecule has 0 N–H and O–H groups in total. The first-order valence-corrected chi connectivity index (χ1v) is 7.15. The van der Waals surface area contributed by atoms with Gasteiger partial charge in [0, 0.05) is 41.4 Å². The highest BCUT2D eigenvalue weighted by Gasteiger charge is 2.24. The Balaban J connectivity index is 2.24. The Labute approximate surface area is 117 Å². The van der Waals surface area contributed by atoms with Crippen molar-refractivity contribution < 1.29 is 4.79 Å². The maximum absolute atomic E-state index is 11.2. The monoisotopic (exact) mass is 310 g/mol. The van der Waals surface area contributed by atoms with Crippen LogP contribution in [0.5, 0.6) is 0 Å². The number of rotatable bonds is 3. The van der Waals surface area contributed by atoms with Crippen LogP contribution in [-0.4, -0.2) is 43.9 Å². The minimum absolute atomic E-state index is 0.571. The first-order valence-electron chi connectivity index (χ1n) is 6.35. The van der Waals surface area contributed by atoms with Crippen molar-refractivity contribution in [3.8, 4) is 0 Å². The van der Waals surface area contributed by atoms with E-state index in [1.807, 2.05) is 18.2 Å². The molecule has 18 heavy (non-hydrogen) atoms. The zero-order valence-corrected chi connectivity index (χ0v) is 12.5. The molecule has 0 radical (unpaired) electrons. The molecule has 0 saturated carbocycles. The number of hydrogen-bond acceptors (Lipinski definition) is 3. The van der Waals surface area contributed by atoms with Gasteiger partial charge in [0.1, 0.15) is 0 Å². The molecule has 0 aliphatic carbocycles. The highest BCUT2D eigenvalue weighted by molar-refractivity contribution is 9.10. The Kier molecular flexibility index (Phi) is 4.40. The van der Waals surface area contributed by atoms with Gasteiger partial charge in [0.2, 0.25) is 0 Å². The summed E-state index contributed by atoms with van der Waals surface area (Å²) in [6, 6.07) is 6.50. The second-order valence-corrected chi connectivity index (χ2v) is 5.73. The van der Waals surface area contributed by atoms with Gasteiger partial charge in [-0.2, -0.15) is 0 Å². The third kappa shape index (κ3) is 2.75. The molecule has 1 saturated heterocycles. The Bertz CT molecular complexity index is 436. The molecule has 1 aliphatic rings. The highest BCUT2D eigenvalue weighted by atomic mass is 79.9. The summed E-state index contributed by atoms with van der Waals surface area (Å²) in [7, 11) is 2.17. The molecule has 1 unspecified atom stereocenters. The first-order chi connectivity index (χ1) is 8.65. The maximum Gasteiger partial charge on any atom is 0.152 e. The van der Waals surface area contributed by atoms with E-state index in [0.717, 1.165) is 48.1 Å². The smallest absolute Gasteiger partial charge is 0.152 e. The van der Waals surface area contributed by atoms with Gasteiger partial charge in [-0.25, -0.2) is 0 Å². The Morgan fingerprint density at radius 1 is 1.44 bits per heavy atom. The van der Waals surface area contributed by atoms with Gasteiger partial charge in [-0.05, 0) is 31.7 Å². The summed E-state index contributed by atoms with van der Waals surface area (Å²) < 4.78 is 0.953. The lowest BCUT2D eigenvalue weighted by atomic mass is 10.1. The average molecular weight is 311 g/mol. The lowest BCUT2D eigenvalue weighted by Crippen LogP contribution is -2.51. The van der Waals surface area contributed by atoms with Gasteiger partial charge >= 0.3 is 0 Å². The minimum Gasteiger partial charge on any atom is -0.368 e. The predicted molar refractivity (Wildman–Crippen MR) is 78.5 cm³/mol. The van der Waals surface area contributed by atoms with Gasteiger partial charge in [0.15, 0.2) is 6.29 Å². The number of carbonyl (C=O) groups excluding carboxylic acids is 1. The van der Waals surface area contributed by atoms with E-state index in [1.54, 1.807) is 0 Å². The van der Waals surface area contributed by atoms with Crippen LogP contribution >= 0.6 is 15.9 Å². The van der Waals surface area contributed by atoms with Crippen LogP contribution in [0.25, 0.3) is 0 Å². The van der Waals surface area contributed by atoms with E-state index >= 15 is 0 Å². The fraction of sp³-hybridized carbons (Fsp3) is 0.500. The molecule has 1 fully saturated rings. The molecule has 0 bridgehead atoms. The predicted octanol–water partition coefficient (Wildman–Crippen LogP) is 2.79. The first kappa shape index (κ1) is 13.6. The molecule has 1 aromatic rings. The van der Waals surface area contributed by atoms with Gasteiger partial charge in [0.25, 0.3) is 0 Å². The van der Waals surface area contributed by atoms with Crippen molar-refractivity contribution in [1.82, 2.24) is 4.90 Å². The topological polar surface area (TPSA) is 23.6 Å². The van der Waals surface area contributed by atoms with E-state index in [4.69, 9.17) is 0 Å². The molecule has 3 nitrogen and oxygen atoms in total. The fourth-order valence-electron chi connectivity index (χ4n) is 2.51. The zero-order chi connectivity index (χ0) is 13.1. The van der Waals surface area contributed by atoms with E-state index in [-0.39, 0.29) is 0 Å². The summed E-state index contributed by atoms with van der Waals surface area (Å²) in [4.78, 5) is 15.9. The third-order valence-electron chi connectivity index (χ3n) is 3.71. The normalized spacial score (nSPS) is 21.1. The highest BCUT2D eigenvalue weighted by Crippen LogP contribution is 2.25. The van der Waals surface area contributed by atoms with Crippen molar-refractivity contribution in [2.75, 3.05) is 31.6 Å². The molecule has 1 atom stereocenters. The average Bonchev–Trinajstić information content (AvgIpc) is 2.39. The van der Waals surface area contributed by atoms with E-state index in [0.29, 0.717) is 6.04 Å². The number of nitrogens with zero attached hydrogens (tertiary/aromatic N) is 2. The van der Waals surface area contributed by atoms with Crippen molar-refractivity contribution in [1.29, 1.82) is 0 Å². The lowest BCUT2D eigenvalue weighted by molar-refractivity contribution is 0.112. The van der Waals surface area contributed by atoms with Crippen molar-refractivity contribution >= 4 is 27.9 Å². The summed E-state index contributed by atoms with van der Waals surface area (Å²) >= 11 is 3.41. The van der Waals surface area contributed by atoms with Crippen molar-refractivity contribution in [3.05, 3.63) is 28.2 Å². The molecule has 0 amide bonds. The second-order valence-electron chi connectivity index (χ2n) is 4.81. The van der Waals surface area contributed by atoms with Crippen LogP contribution in [0.15, 0.2) is 22.7 Å². The van der Waals surface area contributed by atoms with Gasteiger partial charge in [-0.15, -0.1) is 0 Å². The number of likely N-dealkylation sites (N-methyl/N-ethyl adjacent to an activating group) is 1. The second kappa shape index (κ2) is 5.85. The van der Waals surface area contributed by atoms with Crippen molar-refractivity contribution in [2.45, 2.75) is 19.4 Å². The van der Waals surface area contributed by atoms with Crippen LogP contribution in [0.3, 0.4) is 0 Å². The number of anilines is 1. The number of piperazine rings is 1. The van der Waals surface area contributed by atoms with E-state index < -0.39 is 0 Å². The standard InChI is InChI=1S/C14H19BrN2O/c1-3-13-9-17(7-6-16(13)2)14-5-4-12(15)8-11(14)10-18/h4-5,8,10,13H,3,6-7,9H2,1-2H3. The van der Waals surface area contributed by atoms with Crippen molar-refractivity contribution in [3.63, 3.8) is 0 Å². The summed E-state index contributed by atoms with van der Waals surface area (Å²) in [5.74, 6) is 0. The Hall–Kier alpha value is -0.870. The SMILES string of the molecule is CCC1CN(c2ccc(Br)cc2C=O)CCN1C. The van der Waals surface area contributed by atoms with E-state index in [2.05, 4.69) is 39.7 Å². The van der Waals surface area contributed by atoms with E-state index in [9.17, 15) is 4.79 Å². The van der Waals surface area contributed by atoms with Crippen LogP contribution in [0.2, 0.25) is 0 Å². The number of benzene rings is 1. The summed E-state index contributed by atoms with van der Waals surface area (Å²) in [6.07, 6.45) is 2.08. The van der Waals surface area contributed by atoms with Crippen LogP contribution < -0.4 is 4.90 Å². The summed E-state index contributed by atoms with van der Waals surface area (Å²) in [5.41, 5.74) is 1.82. The Morgan fingerprint density at radius 2 is 2.22 bits per heavy atom. The molecule has 1 heterocycles. The lowest BCUT2D eigenvalue weighted by Gasteiger charge is -2.40. The molecule has 4 heteroatoms. The Morgan fingerprint density at radius 3 is 2.89 bits per heavy atom. The van der Waals surface area contributed by atoms with Crippen LogP contribution in [0.1, 0.15) is 23.7 Å². The quantitative estimate of drug-likeness (QED) is 0.802. The zero-order valence-electron chi connectivity index (χ0n) is 10.9. The van der Waals surface area contributed by atoms with Gasteiger partial charge in [-0.3, -0.25) is 9.69 Å². The molecule has 0 aromatic heterocycles. The minimum atomic E-state index is 0.571. The fourth-order valence-corrected chi connectivity index (χ4v) is 2.89. The molecule has 0 spiro atoms. The summed E-state index contributed by atoms with van der Waals surface area (Å²) in [6.45, 7) is 5.24. The molecule has 98 valence electrons. The third-order valence-corrected chi connectivity index (χ3v) is 4.20. The number of hydrogen-bond donors (Lipinski definition) is 0.